The molecule has 0 amide bonds. The fourth-order valence-corrected chi connectivity index (χ4v) is 3.52. The van der Waals surface area contributed by atoms with Gasteiger partial charge in [0.1, 0.15) is 0 Å². The highest BCUT2D eigenvalue weighted by molar-refractivity contribution is 5.57. The monoisotopic (exact) mass is 282 g/mol. The Morgan fingerprint density at radius 1 is 1.29 bits per heavy atom. The maximum atomic E-state index is 6.16. The Labute approximate surface area is 125 Å². The van der Waals surface area contributed by atoms with E-state index in [1.807, 2.05) is 12.5 Å². The first-order valence-electron chi connectivity index (χ1n) is 7.95. The molecule has 0 radical (unpaired) electrons. The molecule has 21 heavy (non-hydrogen) atoms. The molecule has 1 aliphatic heterocycles. The largest absolute Gasteiger partial charge is 0.361 e. The molecule has 0 spiro atoms. The summed E-state index contributed by atoms with van der Waals surface area (Å²) in [6, 6.07) is 9.62. The van der Waals surface area contributed by atoms with Gasteiger partial charge in [-0.15, -0.1) is 0 Å². The molecular weight excluding hydrogens is 260 g/mol. The van der Waals surface area contributed by atoms with Crippen LogP contribution in [0.3, 0.4) is 0 Å². The quantitative estimate of drug-likeness (QED) is 0.938. The van der Waals surface area contributed by atoms with E-state index in [9.17, 15) is 0 Å². The molecule has 1 atom stereocenters. The normalized spacial score (nSPS) is 19.4. The third kappa shape index (κ3) is 2.23. The first-order valence-corrected chi connectivity index (χ1v) is 7.95. The van der Waals surface area contributed by atoms with Crippen LogP contribution in [0.2, 0.25) is 0 Å². The minimum Gasteiger partial charge on any atom is -0.361 e. The van der Waals surface area contributed by atoms with Crippen LogP contribution < -0.4 is 10.6 Å². The Morgan fingerprint density at radius 3 is 2.95 bits per heavy atom. The molecule has 0 bridgehead atoms. The Kier molecular flexibility index (Phi) is 3.19. The Hall–Kier alpha value is -1.81. The molecule has 1 unspecified atom stereocenters. The van der Waals surface area contributed by atoms with Crippen molar-refractivity contribution in [3.8, 4) is 0 Å². The van der Waals surface area contributed by atoms with Gasteiger partial charge in [-0.3, -0.25) is 0 Å². The smallest absolute Gasteiger partial charge is 0.0951 e. The summed E-state index contributed by atoms with van der Waals surface area (Å²) in [6.45, 7) is 1.71. The highest BCUT2D eigenvalue weighted by Crippen LogP contribution is 2.39. The number of para-hydroxylation sites is 1. The highest BCUT2D eigenvalue weighted by Gasteiger charge is 2.31. The van der Waals surface area contributed by atoms with Gasteiger partial charge in [0.2, 0.25) is 0 Å². The highest BCUT2D eigenvalue weighted by atomic mass is 15.2. The van der Waals surface area contributed by atoms with E-state index in [2.05, 4.69) is 38.7 Å². The average Bonchev–Trinajstić information content (AvgIpc) is 3.27. The van der Waals surface area contributed by atoms with Crippen LogP contribution in [0.4, 0.5) is 5.69 Å². The van der Waals surface area contributed by atoms with E-state index in [-0.39, 0.29) is 6.04 Å². The molecule has 2 heterocycles. The first kappa shape index (κ1) is 12.9. The van der Waals surface area contributed by atoms with Gasteiger partial charge in [-0.2, -0.15) is 0 Å². The number of rotatable bonds is 4. The summed E-state index contributed by atoms with van der Waals surface area (Å²) in [7, 11) is 0. The predicted octanol–water partition coefficient (Wildman–Crippen LogP) is 2.67. The van der Waals surface area contributed by atoms with Crippen molar-refractivity contribution >= 4 is 5.69 Å². The molecule has 1 aromatic heterocycles. The van der Waals surface area contributed by atoms with Crippen LogP contribution in [-0.4, -0.2) is 22.6 Å². The predicted molar refractivity (Wildman–Crippen MR) is 84.4 cm³/mol. The van der Waals surface area contributed by atoms with E-state index in [4.69, 9.17) is 5.73 Å². The summed E-state index contributed by atoms with van der Waals surface area (Å²) in [5, 5.41) is 0. The minimum atomic E-state index is 0.231. The van der Waals surface area contributed by atoms with Crippen molar-refractivity contribution in [3.63, 3.8) is 0 Å². The molecule has 4 rings (SSSR count). The summed E-state index contributed by atoms with van der Waals surface area (Å²) in [5.41, 5.74) is 10.2. The summed E-state index contributed by atoms with van der Waals surface area (Å²) < 4.78 is 2.34. The number of anilines is 1. The Morgan fingerprint density at radius 2 is 2.14 bits per heavy atom. The number of fused-ring (bicyclic) bond motifs is 1. The molecular formula is C17H22N4. The second-order valence-electron chi connectivity index (χ2n) is 6.13. The molecule has 110 valence electrons. The maximum Gasteiger partial charge on any atom is 0.0951 e. The van der Waals surface area contributed by atoms with Crippen molar-refractivity contribution in [2.45, 2.75) is 37.8 Å². The van der Waals surface area contributed by atoms with Crippen LogP contribution in [0.25, 0.3) is 0 Å². The molecule has 1 saturated carbocycles. The van der Waals surface area contributed by atoms with Crippen LogP contribution in [-0.2, 0) is 6.42 Å². The molecule has 1 aliphatic carbocycles. The molecule has 1 fully saturated rings. The van der Waals surface area contributed by atoms with Crippen LogP contribution in [0.5, 0.6) is 0 Å². The summed E-state index contributed by atoms with van der Waals surface area (Å²) in [6.07, 6.45) is 8.91. The molecule has 2 aliphatic rings. The zero-order valence-corrected chi connectivity index (χ0v) is 12.3. The van der Waals surface area contributed by atoms with Crippen LogP contribution >= 0.6 is 0 Å². The molecule has 0 saturated heterocycles. The summed E-state index contributed by atoms with van der Waals surface area (Å²) in [4.78, 5) is 6.86. The van der Waals surface area contributed by atoms with E-state index in [1.54, 1.807) is 0 Å². The third-order valence-electron chi connectivity index (χ3n) is 4.72. The van der Waals surface area contributed by atoms with E-state index < -0.39 is 0 Å². The van der Waals surface area contributed by atoms with Crippen LogP contribution in [0, 0.1) is 0 Å². The lowest BCUT2D eigenvalue weighted by Crippen LogP contribution is -2.38. The van der Waals surface area contributed by atoms with Crippen molar-refractivity contribution in [3.05, 3.63) is 48.0 Å². The molecule has 4 heteroatoms. The fraction of sp³-hybridized carbons (Fsp3) is 0.471. The molecule has 2 N–H and O–H groups in total. The molecule has 2 aromatic rings. The average molecular weight is 282 g/mol. The second kappa shape index (κ2) is 5.19. The van der Waals surface area contributed by atoms with Gasteiger partial charge >= 0.3 is 0 Å². The lowest BCUT2D eigenvalue weighted by molar-refractivity contribution is 0.545. The number of aromatic nitrogens is 2. The Bertz CT molecular complexity index is 629. The number of hydrogen-bond donors (Lipinski definition) is 1. The standard InChI is InChI=1S/C17H22N4/c18-10-16(17-11-19-12-21(17)14-7-8-14)20-9-3-5-13-4-1-2-6-15(13)20/h1-2,4,6,11-12,14,16H,3,5,7-10,18H2. The van der Waals surface area contributed by atoms with Crippen molar-refractivity contribution < 1.29 is 0 Å². The number of imidazole rings is 1. The Balaban J connectivity index is 1.72. The lowest BCUT2D eigenvalue weighted by atomic mass is 9.99. The second-order valence-corrected chi connectivity index (χ2v) is 6.13. The first-order chi connectivity index (χ1) is 10.4. The van der Waals surface area contributed by atoms with Gasteiger partial charge in [0.25, 0.3) is 0 Å². The lowest BCUT2D eigenvalue weighted by Gasteiger charge is -2.37. The van der Waals surface area contributed by atoms with Crippen LogP contribution in [0.1, 0.15) is 42.6 Å². The fourth-order valence-electron chi connectivity index (χ4n) is 3.52. The minimum absolute atomic E-state index is 0.231. The van der Waals surface area contributed by atoms with Gasteiger partial charge in [0, 0.05) is 24.8 Å². The topological polar surface area (TPSA) is 47.1 Å². The molecule has 1 aromatic carbocycles. The van der Waals surface area contributed by atoms with E-state index in [1.165, 1.54) is 42.6 Å². The van der Waals surface area contributed by atoms with Crippen LogP contribution in [0.15, 0.2) is 36.8 Å². The van der Waals surface area contributed by atoms with Crippen molar-refractivity contribution in [1.82, 2.24) is 9.55 Å². The van der Waals surface area contributed by atoms with Gasteiger partial charge in [-0.25, -0.2) is 4.98 Å². The summed E-state index contributed by atoms with van der Waals surface area (Å²) >= 11 is 0. The van der Waals surface area contributed by atoms with E-state index in [0.717, 1.165) is 6.54 Å². The number of nitrogens with zero attached hydrogens (tertiary/aromatic N) is 3. The van der Waals surface area contributed by atoms with E-state index >= 15 is 0 Å². The van der Waals surface area contributed by atoms with Gasteiger partial charge in [0.15, 0.2) is 0 Å². The van der Waals surface area contributed by atoms with E-state index in [0.29, 0.717) is 12.6 Å². The van der Waals surface area contributed by atoms with Crippen molar-refractivity contribution in [1.29, 1.82) is 0 Å². The summed E-state index contributed by atoms with van der Waals surface area (Å²) in [5.74, 6) is 0. The van der Waals surface area contributed by atoms with Gasteiger partial charge < -0.3 is 15.2 Å². The third-order valence-corrected chi connectivity index (χ3v) is 4.72. The molecule has 4 nitrogen and oxygen atoms in total. The number of aryl methyl sites for hydroxylation is 1. The number of benzene rings is 1. The van der Waals surface area contributed by atoms with Crippen molar-refractivity contribution in [2.75, 3.05) is 18.0 Å². The maximum absolute atomic E-state index is 6.16. The number of hydrogen-bond acceptors (Lipinski definition) is 3. The zero-order chi connectivity index (χ0) is 14.2. The SMILES string of the molecule is NCC(c1cncn1C1CC1)N1CCCc2ccccc21. The van der Waals surface area contributed by atoms with Gasteiger partial charge in [-0.1, -0.05) is 18.2 Å². The van der Waals surface area contributed by atoms with Gasteiger partial charge in [-0.05, 0) is 37.3 Å². The van der Waals surface area contributed by atoms with Gasteiger partial charge in [0.05, 0.1) is 24.3 Å². The zero-order valence-electron chi connectivity index (χ0n) is 12.3. The van der Waals surface area contributed by atoms with Crippen molar-refractivity contribution in [2.24, 2.45) is 5.73 Å². The number of nitrogens with two attached hydrogens (primary N) is 1.